The number of nitrogens with two attached hydrogens (primary N) is 1. The highest BCUT2D eigenvalue weighted by molar-refractivity contribution is 7.80. The second-order valence-electron chi connectivity index (χ2n) is 4.67. The molecular weight excluding hydrogens is 260 g/mol. The summed E-state index contributed by atoms with van der Waals surface area (Å²) in [6.07, 6.45) is 0. The van der Waals surface area contributed by atoms with Gasteiger partial charge in [-0.2, -0.15) is 0 Å². The predicted molar refractivity (Wildman–Crippen MR) is 80.4 cm³/mol. The van der Waals surface area contributed by atoms with Gasteiger partial charge in [0, 0.05) is 19.0 Å². The molecule has 0 saturated carbocycles. The van der Waals surface area contributed by atoms with Crippen LogP contribution < -0.4 is 5.73 Å². The minimum absolute atomic E-state index is 0.00595. The van der Waals surface area contributed by atoms with Gasteiger partial charge in [-0.1, -0.05) is 25.2 Å². The molecule has 0 fully saturated rings. The van der Waals surface area contributed by atoms with E-state index in [4.69, 9.17) is 18.0 Å². The Bertz CT molecular complexity index is 488. The van der Waals surface area contributed by atoms with Crippen LogP contribution in [0.1, 0.15) is 29.8 Å². The fraction of sp³-hybridized carbons (Fsp3) is 0.429. The monoisotopic (exact) mass is 280 g/mol. The Labute approximate surface area is 119 Å². The summed E-state index contributed by atoms with van der Waals surface area (Å²) in [5, 5.41) is 9.85. The number of nitrogens with zero attached hydrogens (tertiary/aromatic N) is 1. The number of phenolic OH excluding ortho intramolecular Hbond substituents is 1. The van der Waals surface area contributed by atoms with Gasteiger partial charge in [0.1, 0.15) is 5.75 Å². The summed E-state index contributed by atoms with van der Waals surface area (Å²) < 4.78 is 0. The van der Waals surface area contributed by atoms with E-state index in [1.54, 1.807) is 23.1 Å². The molecule has 1 amide bonds. The molecule has 0 spiro atoms. The fourth-order valence-corrected chi connectivity index (χ4v) is 1.84. The van der Waals surface area contributed by atoms with Crippen molar-refractivity contribution in [3.8, 4) is 5.75 Å². The van der Waals surface area contributed by atoms with Crippen LogP contribution in [0.5, 0.6) is 5.75 Å². The van der Waals surface area contributed by atoms with Gasteiger partial charge in [-0.25, -0.2) is 0 Å². The molecule has 0 aliphatic rings. The molecule has 0 aromatic heterocycles. The lowest BCUT2D eigenvalue weighted by Gasteiger charge is -2.24. The van der Waals surface area contributed by atoms with Crippen molar-refractivity contribution >= 4 is 23.1 Å². The van der Waals surface area contributed by atoms with Crippen LogP contribution in [0.2, 0.25) is 0 Å². The van der Waals surface area contributed by atoms with Gasteiger partial charge in [0.15, 0.2) is 0 Å². The predicted octanol–water partition coefficient (Wildman–Crippen LogP) is 2.08. The van der Waals surface area contributed by atoms with Gasteiger partial charge in [-0.15, -0.1) is 0 Å². The number of aromatic hydroxyl groups is 1. The lowest BCUT2D eigenvalue weighted by atomic mass is 10.1. The number of benzene rings is 1. The standard InChI is InChI=1S/C14H20N2O2S/c1-4-16(8-10(3)13(15)19)14(18)11-6-5-9(2)7-12(11)17/h5-7,10,17H,4,8H2,1-3H3,(H2,15,19). The topological polar surface area (TPSA) is 66.6 Å². The van der Waals surface area contributed by atoms with Crippen molar-refractivity contribution in [1.82, 2.24) is 4.90 Å². The summed E-state index contributed by atoms with van der Waals surface area (Å²) in [4.78, 5) is 14.4. The van der Waals surface area contributed by atoms with E-state index in [2.05, 4.69) is 0 Å². The molecule has 1 unspecified atom stereocenters. The van der Waals surface area contributed by atoms with Crippen LogP contribution in [-0.4, -0.2) is 34.0 Å². The van der Waals surface area contributed by atoms with Crippen molar-refractivity contribution in [2.75, 3.05) is 13.1 Å². The van der Waals surface area contributed by atoms with Crippen LogP contribution >= 0.6 is 12.2 Å². The molecular formula is C14H20N2O2S. The van der Waals surface area contributed by atoms with Crippen molar-refractivity contribution in [3.05, 3.63) is 29.3 Å². The number of aryl methyl sites for hydroxylation is 1. The Morgan fingerprint density at radius 3 is 2.63 bits per heavy atom. The average molecular weight is 280 g/mol. The lowest BCUT2D eigenvalue weighted by Crippen LogP contribution is -2.38. The van der Waals surface area contributed by atoms with Gasteiger partial charge in [-0.3, -0.25) is 4.79 Å². The highest BCUT2D eigenvalue weighted by Gasteiger charge is 2.20. The maximum Gasteiger partial charge on any atom is 0.257 e. The second-order valence-corrected chi connectivity index (χ2v) is 5.14. The summed E-state index contributed by atoms with van der Waals surface area (Å²) in [6, 6.07) is 5.02. The van der Waals surface area contributed by atoms with Gasteiger partial charge in [0.2, 0.25) is 0 Å². The first-order valence-corrected chi connectivity index (χ1v) is 6.65. The molecule has 1 aromatic rings. The van der Waals surface area contributed by atoms with Crippen LogP contribution in [0, 0.1) is 12.8 Å². The number of amides is 1. The first-order chi connectivity index (χ1) is 8.86. The molecule has 3 N–H and O–H groups in total. The zero-order chi connectivity index (χ0) is 14.6. The van der Waals surface area contributed by atoms with E-state index in [-0.39, 0.29) is 17.6 Å². The Morgan fingerprint density at radius 1 is 1.53 bits per heavy atom. The Hall–Kier alpha value is -1.62. The molecule has 1 rings (SSSR count). The number of hydrogen-bond acceptors (Lipinski definition) is 3. The number of hydrogen-bond donors (Lipinski definition) is 2. The van der Waals surface area contributed by atoms with E-state index < -0.39 is 0 Å². The Morgan fingerprint density at radius 2 is 2.16 bits per heavy atom. The number of carbonyl (C=O) groups is 1. The Kier molecular flexibility index (Phi) is 5.30. The minimum Gasteiger partial charge on any atom is -0.507 e. The zero-order valence-electron chi connectivity index (χ0n) is 11.5. The molecule has 5 heteroatoms. The fourth-order valence-electron chi connectivity index (χ4n) is 1.77. The lowest BCUT2D eigenvalue weighted by molar-refractivity contribution is 0.0752. The van der Waals surface area contributed by atoms with Crippen molar-refractivity contribution in [2.24, 2.45) is 11.7 Å². The molecule has 1 aromatic carbocycles. The highest BCUT2D eigenvalue weighted by Crippen LogP contribution is 2.20. The highest BCUT2D eigenvalue weighted by atomic mass is 32.1. The largest absolute Gasteiger partial charge is 0.507 e. The van der Waals surface area contributed by atoms with Crippen molar-refractivity contribution < 1.29 is 9.90 Å². The normalized spacial score (nSPS) is 11.9. The first kappa shape index (κ1) is 15.4. The molecule has 0 bridgehead atoms. The third-order valence-corrected chi connectivity index (χ3v) is 3.43. The molecule has 1 atom stereocenters. The molecule has 104 valence electrons. The van der Waals surface area contributed by atoms with Gasteiger partial charge in [0.05, 0.1) is 10.6 Å². The van der Waals surface area contributed by atoms with Gasteiger partial charge in [-0.05, 0) is 31.5 Å². The second kappa shape index (κ2) is 6.52. The van der Waals surface area contributed by atoms with Crippen LogP contribution in [-0.2, 0) is 0 Å². The van der Waals surface area contributed by atoms with Crippen LogP contribution in [0.25, 0.3) is 0 Å². The van der Waals surface area contributed by atoms with E-state index in [1.165, 1.54) is 0 Å². The molecule has 19 heavy (non-hydrogen) atoms. The summed E-state index contributed by atoms with van der Waals surface area (Å²) in [5.74, 6) is -0.249. The molecule has 0 aliphatic carbocycles. The average Bonchev–Trinajstić information content (AvgIpc) is 2.34. The molecule has 0 saturated heterocycles. The summed E-state index contributed by atoms with van der Waals surface area (Å²) in [5.41, 5.74) is 6.79. The van der Waals surface area contributed by atoms with E-state index in [9.17, 15) is 9.90 Å². The number of phenols is 1. The summed E-state index contributed by atoms with van der Waals surface area (Å²) >= 11 is 4.92. The number of thiocarbonyl (C=S) groups is 1. The van der Waals surface area contributed by atoms with E-state index in [0.29, 0.717) is 23.6 Å². The van der Waals surface area contributed by atoms with Gasteiger partial charge in [0.25, 0.3) is 5.91 Å². The minimum atomic E-state index is -0.205. The van der Waals surface area contributed by atoms with Gasteiger partial charge < -0.3 is 15.7 Å². The maximum absolute atomic E-state index is 12.3. The van der Waals surface area contributed by atoms with E-state index >= 15 is 0 Å². The molecule has 0 radical (unpaired) electrons. The Balaban J connectivity index is 2.92. The van der Waals surface area contributed by atoms with Gasteiger partial charge >= 0.3 is 0 Å². The maximum atomic E-state index is 12.3. The first-order valence-electron chi connectivity index (χ1n) is 6.25. The number of carbonyl (C=O) groups excluding carboxylic acids is 1. The molecule has 4 nitrogen and oxygen atoms in total. The zero-order valence-corrected chi connectivity index (χ0v) is 12.3. The van der Waals surface area contributed by atoms with Crippen molar-refractivity contribution in [2.45, 2.75) is 20.8 Å². The molecule has 0 heterocycles. The third kappa shape index (κ3) is 3.92. The van der Waals surface area contributed by atoms with E-state index in [1.807, 2.05) is 20.8 Å². The third-order valence-electron chi connectivity index (χ3n) is 3.03. The van der Waals surface area contributed by atoms with Crippen molar-refractivity contribution in [1.29, 1.82) is 0 Å². The smallest absolute Gasteiger partial charge is 0.257 e. The van der Waals surface area contributed by atoms with Crippen LogP contribution in [0.4, 0.5) is 0 Å². The van der Waals surface area contributed by atoms with Crippen LogP contribution in [0.15, 0.2) is 18.2 Å². The summed E-state index contributed by atoms with van der Waals surface area (Å²) in [7, 11) is 0. The quantitative estimate of drug-likeness (QED) is 0.810. The summed E-state index contributed by atoms with van der Waals surface area (Å²) in [6.45, 7) is 6.63. The van der Waals surface area contributed by atoms with Crippen LogP contribution in [0.3, 0.4) is 0 Å². The molecule has 0 aliphatic heterocycles. The van der Waals surface area contributed by atoms with Crippen molar-refractivity contribution in [3.63, 3.8) is 0 Å². The SMILES string of the molecule is CCN(CC(C)C(N)=S)C(=O)c1ccc(C)cc1O. The number of rotatable bonds is 5. The van der Waals surface area contributed by atoms with E-state index in [0.717, 1.165) is 5.56 Å².